The highest BCUT2D eigenvalue weighted by atomic mass is 16.5. The summed E-state index contributed by atoms with van der Waals surface area (Å²) in [5.41, 5.74) is 2.63. The van der Waals surface area contributed by atoms with Crippen molar-refractivity contribution < 1.29 is 9.30 Å². The Hall–Kier alpha value is -1.35. The van der Waals surface area contributed by atoms with E-state index in [1.807, 2.05) is 0 Å². The van der Waals surface area contributed by atoms with Gasteiger partial charge in [-0.25, -0.2) is 9.13 Å². The fraction of sp³-hybridized carbons (Fsp3) is 0.682. The van der Waals surface area contributed by atoms with Gasteiger partial charge in [0.2, 0.25) is 0 Å². The zero-order valence-corrected chi connectivity index (χ0v) is 16.7. The number of hydrogen-bond donors (Lipinski definition) is 0. The first kappa shape index (κ1) is 18.4. The Morgan fingerprint density at radius 3 is 2.72 bits per heavy atom. The minimum Gasteiger partial charge on any atom is -0.374 e. The van der Waals surface area contributed by atoms with Crippen molar-refractivity contribution in [1.29, 1.82) is 0 Å². The molecule has 3 heteroatoms. The molecule has 0 bridgehead atoms. The first-order chi connectivity index (χ1) is 12.0. The Kier molecular flexibility index (Phi) is 5.83. The van der Waals surface area contributed by atoms with Crippen LogP contribution in [-0.2, 0) is 24.8 Å². The molecule has 3 atom stereocenters. The molecule has 1 aromatic carbocycles. The van der Waals surface area contributed by atoms with Crippen LogP contribution in [0.2, 0.25) is 0 Å². The summed E-state index contributed by atoms with van der Waals surface area (Å²) in [5, 5.41) is 0. The van der Waals surface area contributed by atoms with Crippen LogP contribution in [0.1, 0.15) is 52.8 Å². The predicted octanol–water partition coefficient (Wildman–Crippen LogP) is 4.51. The van der Waals surface area contributed by atoms with Crippen molar-refractivity contribution >= 4 is 11.0 Å². The highest BCUT2D eigenvalue weighted by Gasteiger charge is 2.31. The first-order valence-corrected chi connectivity index (χ1v) is 10.1. The highest BCUT2D eigenvalue weighted by Crippen LogP contribution is 2.35. The Morgan fingerprint density at radius 1 is 1.24 bits per heavy atom. The van der Waals surface area contributed by atoms with E-state index in [-0.39, 0.29) is 0 Å². The second-order valence-electron chi connectivity index (χ2n) is 8.20. The topological polar surface area (TPSA) is 18.0 Å². The first-order valence-electron chi connectivity index (χ1n) is 10.1. The van der Waals surface area contributed by atoms with Crippen molar-refractivity contribution in [3.63, 3.8) is 0 Å². The van der Waals surface area contributed by atoms with Gasteiger partial charge >= 0.3 is 0 Å². The van der Waals surface area contributed by atoms with Gasteiger partial charge in [-0.05, 0) is 42.7 Å². The third kappa shape index (κ3) is 3.76. The number of benzene rings is 1. The van der Waals surface area contributed by atoms with Gasteiger partial charge < -0.3 is 4.74 Å². The second kappa shape index (κ2) is 7.90. The summed E-state index contributed by atoms with van der Waals surface area (Å²) in [6.07, 6.45) is 5.39. The van der Waals surface area contributed by atoms with Gasteiger partial charge in [-0.15, -0.1) is 0 Å². The van der Waals surface area contributed by atoms with E-state index in [4.69, 9.17) is 4.74 Å². The Bertz CT molecular complexity index is 703. The molecule has 0 radical (unpaired) electrons. The number of hydrogen-bond acceptors (Lipinski definition) is 1. The smallest absolute Gasteiger partial charge is 0.256 e. The monoisotopic (exact) mass is 343 g/mol. The summed E-state index contributed by atoms with van der Waals surface area (Å²) in [7, 11) is 2.18. The van der Waals surface area contributed by atoms with Crippen LogP contribution in [0.25, 0.3) is 11.0 Å². The Balaban J connectivity index is 1.72. The maximum atomic E-state index is 6.46. The molecular weight excluding hydrogens is 308 g/mol. The molecule has 138 valence electrons. The third-order valence-corrected chi connectivity index (χ3v) is 6.16. The lowest BCUT2D eigenvalue weighted by Crippen LogP contribution is -2.35. The molecule has 1 aliphatic carbocycles. The molecule has 25 heavy (non-hydrogen) atoms. The van der Waals surface area contributed by atoms with Gasteiger partial charge in [0.05, 0.1) is 19.8 Å². The van der Waals surface area contributed by atoms with E-state index < -0.39 is 0 Å². The van der Waals surface area contributed by atoms with Crippen molar-refractivity contribution in [3.8, 4) is 0 Å². The molecule has 0 spiro atoms. The SMILES string of the molecule is CCc1n(CCOC2C[C@H](C)CC[C@H]2C(C)C)c2ccccc2[n+]1C. The van der Waals surface area contributed by atoms with E-state index >= 15 is 0 Å². The summed E-state index contributed by atoms with van der Waals surface area (Å²) < 4.78 is 11.2. The molecule has 1 fully saturated rings. The van der Waals surface area contributed by atoms with E-state index in [2.05, 4.69) is 68.1 Å². The minimum absolute atomic E-state index is 0.435. The average molecular weight is 344 g/mol. The van der Waals surface area contributed by atoms with Crippen LogP contribution >= 0.6 is 0 Å². The predicted molar refractivity (Wildman–Crippen MR) is 104 cm³/mol. The van der Waals surface area contributed by atoms with Gasteiger partial charge in [0.25, 0.3) is 5.82 Å². The number of imidazole rings is 1. The van der Waals surface area contributed by atoms with Crippen LogP contribution in [0.3, 0.4) is 0 Å². The van der Waals surface area contributed by atoms with Crippen molar-refractivity contribution in [2.24, 2.45) is 24.8 Å². The van der Waals surface area contributed by atoms with Crippen LogP contribution in [-0.4, -0.2) is 17.3 Å². The Morgan fingerprint density at radius 2 is 2.00 bits per heavy atom. The number of ether oxygens (including phenoxy) is 1. The molecule has 3 nitrogen and oxygen atoms in total. The fourth-order valence-electron chi connectivity index (χ4n) is 4.71. The van der Waals surface area contributed by atoms with Crippen LogP contribution in [0.5, 0.6) is 0 Å². The lowest BCUT2D eigenvalue weighted by atomic mass is 9.75. The van der Waals surface area contributed by atoms with E-state index in [1.165, 1.54) is 36.1 Å². The largest absolute Gasteiger partial charge is 0.374 e. The lowest BCUT2D eigenvalue weighted by Gasteiger charge is -2.37. The molecule has 0 amide bonds. The number of rotatable bonds is 6. The summed E-state index contributed by atoms with van der Waals surface area (Å²) in [6.45, 7) is 11.1. The normalized spacial score (nSPS) is 24.3. The zero-order chi connectivity index (χ0) is 18.0. The Labute approximate surface area is 153 Å². The summed E-state index contributed by atoms with van der Waals surface area (Å²) in [4.78, 5) is 0. The van der Waals surface area contributed by atoms with Gasteiger partial charge in [-0.3, -0.25) is 0 Å². The quantitative estimate of drug-likeness (QED) is 0.706. The molecule has 0 aliphatic heterocycles. The summed E-state index contributed by atoms with van der Waals surface area (Å²) in [6, 6.07) is 8.70. The lowest BCUT2D eigenvalue weighted by molar-refractivity contribution is -0.653. The van der Waals surface area contributed by atoms with Crippen molar-refractivity contribution in [1.82, 2.24) is 4.57 Å². The zero-order valence-electron chi connectivity index (χ0n) is 16.7. The summed E-state index contributed by atoms with van der Waals surface area (Å²) in [5.74, 6) is 3.62. The number of para-hydroxylation sites is 2. The number of aromatic nitrogens is 2. The molecule has 0 N–H and O–H groups in total. The van der Waals surface area contributed by atoms with Gasteiger partial charge in [0, 0.05) is 6.42 Å². The molecule has 3 rings (SSSR count). The van der Waals surface area contributed by atoms with E-state index in [1.54, 1.807) is 0 Å². The van der Waals surface area contributed by atoms with Crippen LogP contribution in [0.4, 0.5) is 0 Å². The van der Waals surface area contributed by atoms with Crippen molar-refractivity contribution in [3.05, 3.63) is 30.1 Å². The molecule has 2 aromatic rings. The van der Waals surface area contributed by atoms with Gasteiger partial charge in [0.15, 0.2) is 11.0 Å². The maximum Gasteiger partial charge on any atom is 0.256 e. The van der Waals surface area contributed by atoms with Gasteiger partial charge in [0.1, 0.15) is 6.54 Å². The van der Waals surface area contributed by atoms with E-state index in [0.717, 1.165) is 31.4 Å². The average Bonchev–Trinajstić information content (AvgIpc) is 2.87. The molecule has 1 unspecified atom stereocenters. The molecule has 1 saturated carbocycles. The van der Waals surface area contributed by atoms with E-state index in [0.29, 0.717) is 12.0 Å². The van der Waals surface area contributed by atoms with Crippen molar-refractivity contribution in [2.75, 3.05) is 6.61 Å². The van der Waals surface area contributed by atoms with Crippen LogP contribution in [0, 0.1) is 17.8 Å². The second-order valence-corrected chi connectivity index (χ2v) is 8.20. The number of fused-ring (bicyclic) bond motifs is 1. The van der Waals surface area contributed by atoms with Crippen molar-refractivity contribution in [2.45, 2.75) is 66.0 Å². The van der Waals surface area contributed by atoms with Gasteiger partial charge in [-0.2, -0.15) is 0 Å². The minimum atomic E-state index is 0.435. The number of nitrogens with zero attached hydrogens (tertiary/aromatic N) is 2. The standard InChI is InChI=1S/C22H35N2O/c1-6-22-23(5)19-9-7-8-10-20(19)24(22)13-14-25-21-15-17(4)11-12-18(21)16(2)3/h7-10,16-18,21H,6,11-15H2,1-5H3/q+1/t17-,18+,21?/m1/s1. The van der Waals surface area contributed by atoms with E-state index in [9.17, 15) is 0 Å². The molecular formula is C22H35N2O+. The number of aryl methyl sites for hydroxylation is 1. The fourth-order valence-corrected chi connectivity index (χ4v) is 4.71. The molecule has 1 heterocycles. The third-order valence-electron chi connectivity index (χ3n) is 6.16. The highest BCUT2D eigenvalue weighted by molar-refractivity contribution is 5.72. The van der Waals surface area contributed by atoms with Crippen LogP contribution in [0.15, 0.2) is 24.3 Å². The van der Waals surface area contributed by atoms with Gasteiger partial charge in [-0.1, -0.05) is 46.2 Å². The van der Waals surface area contributed by atoms with Crippen LogP contribution < -0.4 is 4.57 Å². The molecule has 0 saturated heterocycles. The molecule has 1 aliphatic rings. The molecule has 1 aromatic heterocycles. The maximum absolute atomic E-state index is 6.46. The summed E-state index contributed by atoms with van der Waals surface area (Å²) >= 11 is 0.